The third kappa shape index (κ3) is 4.45. The van der Waals surface area contributed by atoms with Crippen molar-refractivity contribution in [1.82, 2.24) is 9.13 Å². The van der Waals surface area contributed by atoms with E-state index in [-0.39, 0.29) is 23.8 Å². The van der Waals surface area contributed by atoms with Crippen molar-refractivity contribution in [3.8, 4) is 5.75 Å². The molecule has 0 bridgehead atoms. The Bertz CT molecular complexity index is 1480. The van der Waals surface area contributed by atoms with Crippen molar-refractivity contribution in [2.75, 3.05) is 25.1 Å². The van der Waals surface area contributed by atoms with Crippen LogP contribution in [-0.4, -0.2) is 29.3 Å². The van der Waals surface area contributed by atoms with E-state index in [1.807, 2.05) is 0 Å². The molecule has 1 aliphatic heterocycles. The van der Waals surface area contributed by atoms with Crippen molar-refractivity contribution in [1.29, 1.82) is 0 Å². The molecule has 1 fully saturated rings. The first-order valence-corrected chi connectivity index (χ1v) is 11.8. The molecular weight excluding hydrogens is 493 g/mol. The van der Waals surface area contributed by atoms with Crippen LogP contribution in [-0.2, 0) is 12.7 Å². The van der Waals surface area contributed by atoms with Gasteiger partial charge in [-0.15, -0.1) is 0 Å². The van der Waals surface area contributed by atoms with Crippen molar-refractivity contribution in [2.24, 2.45) is 0 Å². The van der Waals surface area contributed by atoms with Crippen LogP contribution < -0.4 is 15.3 Å². The average molecular weight is 517 g/mol. The van der Waals surface area contributed by atoms with Gasteiger partial charge >= 0.3 is 11.9 Å². The fraction of sp³-hybridized carbons (Fsp3) is 0.296. The highest BCUT2D eigenvalue weighted by atomic mass is 19.4. The van der Waals surface area contributed by atoms with E-state index in [0.717, 1.165) is 6.07 Å². The average Bonchev–Trinajstić information content (AvgIpc) is 3.15. The number of methoxy groups -OCH3 is 1. The highest BCUT2D eigenvalue weighted by Gasteiger charge is 2.34. The smallest absolute Gasteiger partial charge is 0.416 e. The molecule has 37 heavy (non-hydrogen) atoms. The predicted molar refractivity (Wildman–Crippen MR) is 130 cm³/mol. The summed E-state index contributed by atoms with van der Waals surface area (Å²) in [5.41, 5.74) is -0.475. The maximum Gasteiger partial charge on any atom is 0.416 e. The molecule has 0 spiro atoms. The molecule has 4 aromatic rings. The van der Waals surface area contributed by atoms with Crippen LogP contribution in [0.15, 0.2) is 65.5 Å². The van der Waals surface area contributed by atoms with Crippen LogP contribution in [0, 0.1) is 11.6 Å². The lowest BCUT2D eigenvalue weighted by atomic mass is 10.0. The molecule has 0 unspecified atom stereocenters. The first kappa shape index (κ1) is 24.9. The molecule has 194 valence electrons. The van der Waals surface area contributed by atoms with E-state index in [4.69, 9.17) is 4.74 Å². The summed E-state index contributed by atoms with van der Waals surface area (Å²) in [4.78, 5) is 15.4. The fourth-order valence-corrected chi connectivity index (χ4v) is 5.21. The lowest BCUT2D eigenvalue weighted by Crippen LogP contribution is -2.38. The van der Waals surface area contributed by atoms with Crippen LogP contribution in [0.5, 0.6) is 5.75 Å². The first-order valence-electron chi connectivity index (χ1n) is 11.8. The summed E-state index contributed by atoms with van der Waals surface area (Å²) in [6.07, 6.45) is -3.73. The minimum atomic E-state index is -4.57. The fourth-order valence-electron chi connectivity index (χ4n) is 5.21. The van der Waals surface area contributed by atoms with E-state index >= 15 is 0 Å². The molecule has 10 heteroatoms. The normalized spacial score (nSPS) is 14.9. The number of alkyl halides is 3. The van der Waals surface area contributed by atoms with Crippen LogP contribution >= 0.6 is 0 Å². The van der Waals surface area contributed by atoms with E-state index in [1.165, 1.54) is 48.1 Å². The van der Waals surface area contributed by atoms with E-state index < -0.39 is 29.1 Å². The second kappa shape index (κ2) is 9.57. The van der Waals surface area contributed by atoms with Crippen LogP contribution in [0.4, 0.5) is 27.6 Å². The lowest BCUT2D eigenvalue weighted by molar-refractivity contribution is -0.138. The molecule has 0 atom stereocenters. The number of para-hydroxylation sites is 2. The van der Waals surface area contributed by atoms with Crippen molar-refractivity contribution in [3.63, 3.8) is 0 Å². The summed E-state index contributed by atoms with van der Waals surface area (Å²) in [6.45, 7) is 0.322. The van der Waals surface area contributed by atoms with E-state index in [2.05, 4.69) is 0 Å². The third-order valence-electron chi connectivity index (χ3n) is 6.90. The van der Waals surface area contributed by atoms with Gasteiger partial charge in [0.15, 0.2) is 0 Å². The Hall–Kier alpha value is -3.82. The Morgan fingerprint density at radius 2 is 1.57 bits per heavy atom. The zero-order valence-corrected chi connectivity index (χ0v) is 19.9. The Morgan fingerprint density at radius 1 is 0.919 bits per heavy atom. The molecule has 5 nitrogen and oxygen atoms in total. The molecular formula is C27H24F5N3O2. The van der Waals surface area contributed by atoms with Gasteiger partial charge in [-0.3, -0.25) is 9.13 Å². The van der Waals surface area contributed by atoms with E-state index in [0.29, 0.717) is 42.7 Å². The Morgan fingerprint density at radius 3 is 2.22 bits per heavy atom. The number of halogens is 5. The van der Waals surface area contributed by atoms with Gasteiger partial charge in [0.1, 0.15) is 28.6 Å². The van der Waals surface area contributed by atoms with Gasteiger partial charge in [0, 0.05) is 19.1 Å². The van der Waals surface area contributed by atoms with E-state index in [9.17, 15) is 26.7 Å². The molecule has 1 saturated heterocycles. The number of aromatic nitrogens is 2. The van der Waals surface area contributed by atoms with Gasteiger partial charge in [0.25, 0.3) is 0 Å². The Kier molecular flexibility index (Phi) is 6.43. The summed E-state index contributed by atoms with van der Waals surface area (Å²) >= 11 is 0. The standard InChI is InChI=1S/C27H24F5N3O2/c1-37-23-11-5-10-22-25(23)34(16-17-6-2-3-7-19(17)27(30,31)32)26(36)35(22)18-12-14-33(15-13-18)24-20(28)8-4-9-21(24)29/h2-11,18H,12-16H2,1H3. The van der Waals surface area contributed by atoms with Crippen LogP contribution in [0.3, 0.4) is 0 Å². The number of anilines is 1. The molecule has 5 rings (SSSR count). The van der Waals surface area contributed by atoms with Crippen LogP contribution in [0.1, 0.15) is 30.0 Å². The Labute approximate surface area is 209 Å². The quantitative estimate of drug-likeness (QED) is 0.305. The van der Waals surface area contributed by atoms with Gasteiger partial charge in [-0.05, 0) is 48.7 Å². The van der Waals surface area contributed by atoms with Gasteiger partial charge in [-0.25, -0.2) is 13.6 Å². The number of benzene rings is 3. The molecule has 3 aromatic carbocycles. The predicted octanol–water partition coefficient (Wildman–Crippen LogP) is 6.00. The molecule has 0 saturated carbocycles. The van der Waals surface area contributed by atoms with Crippen LogP contribution in [0.25, 0.3) is 11.0 Å². The van der Waals surface area contributed by atoms with Crippen molar-refractivity contribution in [3.05, 3.63) is 93.9 Å². The van der Waals surface area contributed by atoms with Gasteiger partial charge < -0.3 is 9.64 Å². The van der Waals surface area contributed by atoms with E-state index in [1.54, 1.807) is 27.7 Å². The number of fused-ring (bicyclic) bond motifs is 1. The van der Waals surface area contributed by atoms with Crippen LogP contribution in [0.2, 0.25) is 0 Å². The number of nitrogens with zero attached hydrogens (tertiary/aromatic N) is 3. The van der Waals surface area contributed by atoms with Gasteiger partial charge in [0.2, 0.25) is 0 Å². The lowest BCUT2D eigenvalue weighted by Gasteiger charge is -2.34. The monoisotopic (exact) mass is 517 g/mol. The largest absolute Gasteiger partial charge is 0.494 e. The number of rotatable bonds is 5. The summed E-state index contributed by atoms with van der Waals surface area (Å²) in [7, 11) is 1.44. The summed E-state index contributed by atoms with van der Waals surface area (Å²) in [6, 6.07) is 13.7. The maximum atomic E-state index is 14.3. The van der Waals surface area contributed by atoms with Gasteiger partial charge in [-0.2, -0.15) is 13.2 Å². The highest BCUT2D eigenvalue weighted by molar-refractivity contribution is 5.83. The molecule has 0 aliphatic carbocycles. The number of hydrogen-bond donors (Lipinski definition) is 0. The topological polar surface area (TPSA) is 39.4 Å². The minimum absolute atomic E-state index is 0.0353. The summed E-state index contributed by atoms with van der Waals surface area (Å²) in [5, 5.41) is 0. The van der Waals surface area contributed by atoms with Gasteiger partial charge in [0.05, 0.1) is 24.7 Å². The first-order chi connectivity index (χ1) is 17.7. The van der Waals surface area contributed by atoms with Crippen molar-refractivity contribution >= 4 is 16.7 Å². The molecule has 1 aromatic heterocycles. The number of hydrogen-bond acceptors (Lipinski definition) is 3. The second-order valence-electron chi connectivity index (χ2n) is 9.01. The second-order valence-corrected chi connectivity index (χ2v) is 9.01. The molecule has 0 N–H and O–H groups in total. The minimum Gasteiger partial charge on any atom is -0.494 e. The molecule has 2 heterocycles. The number of piperidine rings is 1. The highest BCUT2D eigenvalue weighted by Crippen LogP contribution is 2.35. The molecule has 0 radical (unpaired) electrons. The number of ether oxygens (including phenoxy) is 1. The SMILES string of the molecule is COc1cccc2c1n(Cc1ccccc1C(F)(F)F)c(=O)n2C1CCN(c2c(F)cccc2F)CC1. The number of imidazole rings is 1. The van der Waals surface area contributed by atoms with Crippen molar-refractivity contribution < 1.29 is 26.7 Å². The molecule has 1 aliphatic rings. The van der Waals surface area contributed by atoms with Crippen molar-refractivity contribution in [2.45, 2.75) is 31.6 Å². The molecule has 0 amide bonds. The zero-order valence-electron chi connectivity index (χ0n) is 19.9. The maximum absolute atomic E-state index is 14.3. The summed E-state index contributed by atoms with van der Waals surface area (Å²) in [5.74, 6) is -0.940. The third-order valence-corrected chi connectivity index (χ3v) is 6.90. The zero-order chi connectivity index (χ0) is 26.3. The van der Waals surface area contributed by atoms with Gasteiger partial charge in [-0.1, -0.05) is 30.3 Å². The Balaban J connectivity index is 1.55. The summed E-state index contributed by atoms with van der Waals surface area (Å²) < 4.78 is 78.0.